The molecule has 2 nitrogen and oxygen atoms in total. The van der Waals surface area contributed by atoms with Crippen LogP contribution in [0.3, 0.4) is 0 Å². The molecule has 0 saturated heterocycles. The summed E-state index contributed by atoms with van der Waals surface area (Å²) < 4.78 is 0. The molecule has 1 aromatic heterocycles. The number of hydrogen-bond acceptors (Lipinski definition) is 2. The van der Waals surface area contributed by atoms with Crippen LogP contribution in [0.25, 0.3) is 17.0 Å². The molecular weight excluding hydrogens is 244 g/mol. The van der Waals surface area contributed by atoms with Gasteiger partial charge in [-0.2, -0.15) is 0 Å². The first-order chi connectivity index (χ1) is 9.92. The maximum Gasteiger partial charge on any atom is 0.0728 e. The third kappa shape index (κ3) is 1.77. The molecule has 0 amide bonds. The van der Waals surface area contributed by atoms with E-state index in [-0.39, 0.29) is 0 Å². The molecule has 0 atom stereocenters. The van der Waals surface area contributed by atoms with E-state index in [0.717, 1.165) is 12.1 Å². The average Bonchev–Trinajstić information content (AvgIpc) is 2.51. The summed E-state index contributed by atoms with van der Waals surface area (Å²) in [4.78, 5) is 6.75. The first kappa shape index (κ1) is 11.2. The fourth-order valence-electron chi connectivity index (χ4n) is 2.76. The zero-order valence-corrected chi connectivity index (χ0v) is 11.0. The molecule has 4 rings (SSSR count). The molecule has 2 heterocycles. The smallest absolute Gasteiger partial charge is 0.0728 e. The zero-order valence-electron chi connectivity index (χ0n) is 11.0. The van der Waals surface area contributed by atoms with E-state index in [1.807, 2.05) is 6.20 Å². The van der Waals surface area contributed by atoms with Crippen molar-refractivity contribution >= 4 is 22.7 Å². The molecular formula is C18H14N2. The van der Waals surface area contributed by atoms with E-state index in [1.165, 1.54) is 22.2 Å². The van der Waals surface area contributed by atoms with Crippen molar-refractivity contribution in [3.8, 4) is 0 Å². The standard InChI is InChI=1S/C18H14N2/c1-2-5-14(6-3-1)13-20-12-10-15-9-11-19-16-7-4-8-17(20)18(15)16/h1-12H,13H2. The molecule has 0 aliphatic carbocycles. The lowest BCUT2D eigenvalue weighted by Gasteiger charge is -2.26. The Morgan fingerprint density at radius 2 is 1.80 bits per heavy atom. The Kier molecular flexibility index (Phi) is 2.52. The van der Waals surface area contributed by atoms with Crippen molar-refractivity contribution in [3.63, 3.8) is 0 Å². The Balaban J connectivity index is 1.82. The maximum absolute atomic E-state index is 4.47. The second-order valence-electron chi connectivity index (χ2n) is 5.00. The molecule has 0 N–H and O–H groups in total. The Hall–Kier alpha value is -2.61. The molecule has 0 unspecified atom stereocenters. The molecule has 96 valence electrons. The zero-order chi connectivity index (χ0) is 13.4. The highest BCUT2D eigenvalue weighted by atomic mass is 15.1. The van der Waals surface area contributed by atoms with Crippen LogP contribution in [-0.2, 0) is 6.54 Å². The largest absolute Gasteiger partial charge is 0.343 e. The second-order valence-corrected chi connectivity index (χ2v) is 5.00. The summed E-state index contributed by atoms with van der Waals surface area (Å²) in [6.45, 7) is 0.880. The van der Waals surface area contributed by atoms with E-state index in [9.17, 15) is 0 Å². The molecule has 20 heavy (non-hydrogen) atoms. The molecule has 0 spiro atoms. The molecule has 2 aromatic carbocycles. The van der Waals surface area contributed by atoms with Crippen LogP contribution in [0.4, 0.5) is 5.69 Å². The number of aromatic nitrogens is 1. The van der Waals surface area contributed by atoms with Crippen molar-refractivity contribution in [2.75, 3.05) is 4.90 Å². The van der Waals surface area contributed by atoms with Crippen LogP contribution >= 0.6 is 0 Å². The molecule has 0 saturated carbocycles. The van der Waals surface area contributed by atoms with Crippen LogP contribution in [0.1, 0.15) is 11.1 Å². The van der Waals surface area contributed by atoms with Gasteiger partial charge in [-0.1, -0.05) is 36.4 Å². The predicted molar refractivity (Wildman–Crippen MR) is 83.4 cm³/mol. The van der Waals surface area contributed by atoms with Crippen molar-refractivity contribution in [3.05, 3.63) is 78.1 Å². The SMILES string of the molecule is C1=CN(Cc2ccccc2)c2cccc3nccc1c23. The topological polar surface area (TPSA) is 16.1 Å². The van der Waals surface area contributed by atoms with Gasteiger partial charge in [0.05, 0.1) is 11.2 Å². The van der Waals surface area contributed by atoms with Crippen LogP contribution in [-0.4, -0.2) is 4.98 Å². The van der Waals surface area contributed by atoms with Gasteiger partial charge >= 0.3 is 0 Å². The molecule has 1 aliphatic rings. The van der Waals surface area contributed by atoms with Gasteiger partial charge in [0, 0.05) is 24.3 Å². The number of anilines is 1. The first-order valence-electron chi connectivity index (χ1n) is 6.78. The van der Waals surface area contributed by atoms with Crippen LogP contribution in [0.15, 0.2) is 67.0 Å². The van der Waals surface area contributed by atoms with Gasteiger partial charge in [0.1, 0.15) is 0 Å². The lowest BCUT2D eigenvalue weighted by molar-refractivity contribution is 0.972. The molecule has 2 heteroatoms. The highest BCUT2D eigenvalue weighted by Crippen LogP contribution is 2.34. The Morgan fingerprint density at radius 1 is 0.900 bits per heavy atom. The Labute approximate surface area is 118 Å². The van der Waals surface area contributed by atoms with Crippen LogP contribution in [0, 0.1) is 0 Å². The van der Waals surface area contributed by atoms with Gasteiger partial charge in [0.25, 0.3) is 0 Å². The van der Waals surface area contributed by atoms with Crippen molar-refractivity contribution in [2.45, 2.75) is 6.54 Å². The number of hydrogen-bond donors (Lipinski definition) is 0. The summed E-state index contributed by atoms with van der Waals surface area (Å²) in [5.74, 6) is 0. The summed E-state index contributed by atoms with van der Waals surface area (Å²) in [7, 11) is 0. The maximum atomic E-state index is 4.47. The van der Waals surface area contributed by atoms with E-state index in [0.29, 0.717) is 0 Å². The highest BCUT2D eigenvalue weighted by Gasteiger charge is 2.15. The lowest BCUT2D eigenvalue weighted by atomic mass is 10.0. The monoisotopic (exact) mass is 258 g/mol. The molecule has 0 fully saturated rings. The number of pyridine rings is 1. The van der Waals surface area contributed by atoms with Gasteiger partial charge < -0.3 is 4.90 Å². The minimum absolute atomic E-state index is 0.880. The fraction of sp³-hybridized carbons (Fsp3) is 0.0556. The van der Waals surface area contributed by atoms with Crippen molar-refractivity contribution in [1.82, 2.24) is 4.98 Å². The van der Waals surface area contributed by atoms with Crippen LogP contribution in [0.5, 0.6) is 0 Å². The molecule has 3 aromatic rings. The van der Waals surface area contributed by atoms with E-state index in [4.69, 9.17) is 0 Å². The number of nitrogens with zero attached hydrogens (tertiary/aromatic N) is 2. The number of benzene rings is 2. The molecule has 1 aliphatic heterocycles. The summed E-state index contributed by atoms with van der Waals surface area (Å²) in [6.07, 6.45) is 6.20. The molecule has 0 bridgehead atoms. The summed E-state index contributed by atoms with van der Waals surface area (Å²) in [6, 6.07) is 18.9. The van der Waals surface area contributed by atoms with E-state index >= 15 is 0 Å². The van der Waals surface area contributed by atoms with E-state index in [1.54, 1.807) is 0 Å². The third-order valence-electron chi connectivity index (χ3n) is 3.72. The normalized spacial score (nSPS) is 12.9. The van der Waals surface area contributed by atoms with Gasteiger partial charge in [-0.3, -0.25) is 4.98 Å². The van der Waals surface area contributed by atoms with Crippen molar-refractivity contribution in [1.29, 1.82) is 0 Å². The van der Waals surface area contributed by atoms with Gasteiger partial charge in [-0.25, -0.2) is 0 Å². The Morgan fingerprint density at radius 3 is 2.70 bits per heavy atom. The minimum atomic E-state index is 0.880. The van der Waals surface area contributed by atoms with E-state index in [2.05, 4.69) is 76.8 Å². The van der Waals surface area contributed by atoms with Gasteiger partial charge in [-0.05, 0) is 35.4 Å². The van der Waals surface area contributed by atoms with E-state index < -0.39 is 0 Å². The minimum Gasteiger partial charge on any atom is -0.343 e. The van der Waals surface area contributed by atoms with Crippen LogP contribution in [0.2, 0.25) is 0 Å². The van der Waals surface area contributed by atoms with Gasteiger partial charge in [0.2, 0.25) is 0 Å². The summed E-state index contributed by atoms with van der Waals surface area (Å²) >= 11 is 0. The predicted octanol–water partition coefficient (Wildman–Crippen LogP) is 4.23. The van der Waals surface area contributed by atoms with Crippen molar-refractivity contribution in [2.24, 2.45) is 0 Å². The number of rotatable bonds is 2. The summed E-state index contributed by atoms with van der Waals surface area (Å²) in [5.41, 5.74) is 4.84. The van der Waals surface area contributed by atoms with Crippen LogP contribution < -0.4 is 4.90 Å². The van der Waals surface area contributed by atoms with Crippen molar-refractivity contribution < 1.29 is 0 Å². The second kappa shape index (κ2) is 4.49. The third-order valence-corrected chi connectivity index (χ3v) is 3.72. The van der Waals surface area contributed by atoms with Gasteiger partial charge in [0.15, 0.2) is 0 Å². The average molecular weight is 258 g/mol. The Bertz CT molecular complexity index is 786. The highest BCUT2D eigenvalue weighted by molar-refractivity contribution is 6.00. The summed E-state index contributed by atoms with van der Waals surface area (Å²) in [5, 5.41) is 1.24. The van der Waals surface area contributed by atoms with Gasteiger partial charge in [-0.15, -0.1) is 0 Å². The lowest BCUT2D eigenvalue weighted by Crippen LogP contribution is -2.17. The first-order valence-corrected chi connectivity index (χ1v) is 6.78. The fourth-order valence-corrected chi connectivity index (χ4v) is 2.76. The molecule has 0 radical (unpaired) electrons. The quantitative estimate of drug-likeness (QED) is 0.684.